The molecule has 0 bridgehead atoms. The molecule has 26 heavy (non-hydrogen) atoms. The lowest BCUT2D eigenvalue weighted by atomic mass is 9.90. The van der Waals surface area contributed by atoms with E-state index < -0.39 is 0 Å². The van der Waals surface area contributed by atoms with Crippen molar-refractivity contribution in [1.82, 2.24) is 0 Å². The third-order valence-electron chi connectivity index (χ3n) is 4.52. The summed E-state index contributed by atoms with van der Waals surface area (Å²) in [4.78, 5) is 0. The van der Waals surface area contributed by atoms with E-state index in [-0.39, 0.29) is 0 Å². The topological polar surface area (TPSA) is 0 Å². The zero-order chi connectivity index (χ0) is 17.6. The molecule has 0 N–H and O–H groups in total. The second kappa shape index (κ2) is 7.67. The van der Waals surface area contributed by atoms with Gasteiger partial charge >= 0.3 is 0 Å². The van der Waals surface area contributed by atoms with E-state index in [0.717, 1.165) is 0 Å². The molecular formula is C26H20. The predicted octanol–water partition coefficient (Wildman–Crippen LogP) is 6.97. The summed E-state index contributed by atoms with van der Waals surface area (Å²) in [5.41, 5.74) is 4.94. The van der Waals surface area contributed by atoms with E-state index in [1.165, 1.54) is 33.0 Å². The summed E-state index contributed by atoms with van der Waals surface area (Å²) < 4.78 is 0. The molecule has 0 radical (unpaired) electrons. The Bertz CT molecular complexity index is 978. The number of allylic oxidation sites excluding steroid dienone is 16. The fourth-order valence-electron chi connectivity index (χ4n) is 3.31. The molecule has 0 heterocycles. The van der Waals surface area contributed by atoms with E-state index >= 15 is 0 Å². The lowest BCUT2D eigenvalue weighted by Crippen LogP contribution is -1.91. The summed E-state index contributed by atoms with van der Waals surface area (Å²) >= 11 is 0. The van der Waals surface area contributed by atoms with Gasteiger partial charge in [0.1, 0.15) is 0 Å². The van der Waals surface area contributed by atoms with Crippen LogP contribution in [0.25, 0.3) is 21.9 Å². The standard InChI is InChI=1S/C26H20/c1-3-7-13-21(14-8-4-1)24-19-11-17-23-18-12-20-25(26(23)24)22-15-9-5-2-6-10-16-22/h1-20H. The second-order valence-electron chi connectivity index (χ2n) is 6.21. The molecule has 0 saturated carbocycles. The van der Waals surface area contributed by atoms with Crippen LogP contribution in [0.15, 0.2) is 121 Å². The van der Waals surface area contributed by atoms with Crippen molar-refractivity contribution in [2.24, 2.45) is 0 Å². The van der Waals surface area contributed by atoms with E-state index in [1.54, 1.807) is 0 Å². The van der Waals surface area contributed by atoms with Crippen LogP contribution in [0.4, 0.5) is 0 Å². The van der Waals surface area contributed by atoms with Crippen LogP contribution in [0.1, 0.15) is 11.1 Å². The van der Waals surface area contributed by atoms with Crippen molar-refractivity contribution >= 4 is 21.9 Å². The summed E-state index contributed by atoms with van der Waals surface area (Å²) in [6.07, 6.45) is 29.4. The quantitative estimate of drug-likeness (QED) is 0.557. The van der Waals surface area contributed by atoms with Gasteiger partial charge in [-0.15, -0.1) is 0 Å². The number of hydrogen-bond donors (Lipinski definition) is 0. The smallest absolute Gasteiger partial charge is 0.00268 e. The van der Waals surface area contributed by atoms with Gasteiger partial charge in [-0.2, -0.15) is 0 Å². The van der Waals surface area contributed by atoms with Gasteiger partial charge in [0, 0.05) is 0 Å². The van der Waals surface area contributed by atoms with Gasteiger partial charge in [0.25, 0.3) is 0 Å². The highest BCUT2D eigenvalue weighted by Crippen LogP contribution is 2.33. The maximum atomic E-state index is 2.21. The molecule has 2 aliphatic rings. The minimum atomic E-state index is 1.22. The Hall–Kier alpha value is -3.38. The first kappa shape index (κ1) is 16.1. The highest BCUT2D eigenvalue weighted by Gasteiger charge is 2.10. The molecule has 0 unspecified atom stereocenters. The Balaban J connectivity index is 1.96. The van der Waals surface area contributed by atoms with Crippen molar-refractivity contribution in [2.75, 3.05) is 0 Å². The fourth-order valence-corrected chi connectivity index (χ4v) is 3.31. The van der Waals surface area contributed by atoms with Crippen LogP contribution in [-0.2, 0) is 0 Å². The van der Waals surface area contributed by atoms with E-state index in [9.17, 15) is 0 Å². The first-order chi connectivity index (χ1) is 12.9. The SMILES string of the molecule is C1=CC=CC(c2cccc3cccc(C4=CC=CC=CC=C4)c23)=CC=C1. The Kier molecular flexibility index (Phi) is 4.75. The summed E-state index contributed by atoms with van der Waals surface area (Å²) in [5.74, 6) is 0. The van der Waals surface area contributed by atoms with Gasteiger partial charge in [0.15, 0.2) is 0 Å². The Morgan fingerprint density at radius 3 is 1.42 bits per heavy atom. The lowest BCUT2D eigenvalue weighted by Gasteiger charge is -2.14. The molecule has 0 aliphatic heterocycles. The Labute approximate surface area is 154 Å². The molecule has 0 nitrogen and oxygen atoms in total. The molecule has 124 valence electrons. The molecule has 2 aromatic rings. The van der Waals surface area contributed by atoms with Gasteiger partial charge in [-0.1, -0.05) is 121 Å². The molecule has 2 aliphatic carbocycles. The number of benzene rings is 2. The minimum Gasteiger partial charge on any atom is -0.0623 e. The highest BCUT2D eigenvalue weighted by atomic mass is 14.1. The maximum absolute atomic E-state index is 2.21. The van der Waals surface area contributed by atoms with E-state index in [4.69, 9.17) is 0 Å². The van der Waals surface area contributed by atoms with Gasteiger partial charge in [-0.25, -0.2) is 0 Å². The van der Waals surface area contributed by atoms with E-state index in [2.05, 4.69) is 109 Å². The first-order valence-corrected chi connectivity index (χ1v) is 8.89. The molecule has 0 heteroatoms. The van der Waals surface area contributed by atoms with Crippen molar-refractivity contribution in [2.45, 2.75) is 0 Å². The van der Waals surface area contributed by atoms with Crippen LogP contribution < -0.4 is 0 Å². The van der Waals surface area contributed by atoms with Crippen LogP contribution >= 0.6 is 0 Å². The molecule has 2 aromatic carbocycles. The van der Waals surface area contributed by atoms with Crippen molar-refractivity contribution < 1.29 is 0 Å². The fraction of sp³-hybridized carbons (Fsp3) is 0. The Morgan fingerprint density at radius 2 is 0.885 bits per heavy atom. The summed E-state index contributed by atoms with van der Waals surface area (Å²) in [5, 5.41) is 2.55. The zero-order valence-corrected chi connectivity index (χ0v) is 14.5. The van der Waals surface area contributed by atoms with Gasteiger partial charge in [-0.3, -0.25) is 0 Å². The normalized spacial score (nSPS) is 16.0. The van der Waals surface area contributed by atoms with Crippen molar-refractivity contribution in [3.05, 3.63) is 133 Å². The molecule has 4 rings (SSSR count). The summed E-state index contributed by atoms with van der Waals surface area (Å²) in [7, 11) is 0. The molecule has 0 amide bonds. The van der Waals surface area contributed by atoms with Crippen LogP contribution in [0.5, 0.6) is 0 Å². The zero-order valence-electron chi connectivity index (χ0n) is 14.5. The Morgan fingerprint density at radius 1 is 0.423 bits per heavy atom. The van der Waals surface area contributed by atoms with Crippen LogP contribution in [0.2, 0.25) is 0 Å². The number of fused-ring (bicyclic) bond motifs is 1. The molecule has 0 atom stereocenters. The van der Waals surface area contributed by atoms with Crippen molar-refractivity contribution in [1.29, 1.82) is 0 Å². The third-order valence-corrected chi connectivity index (χ3v) is 4.52. The highest BCUT2D eigenvalue weighted by molar-refractivity contribution is 6.04. The first-order valence-electron chi connectivity index (χ1n) is 8.89. The minimum absolute atomic E-state index is 1.22. The van der Waals surface area contributed by atoms with E-state index in [1.807, 2.05) is 12.2 Å². The monoisotopic (exact) mass is 332 g/mol. The van der Waals surface area contributed by atoms with Crippen LogP contribution in [0.3, 0.4) is 0 Å². The van der Waals surface area contributed by atoms with Crippen LogP contribution in [-0.4, -0.2) is 0 Å². The van der Waals surface area contributed by atoms with Crippen molar-refractivity contribution in [3.8, 4) is 0 Å². The lowest BCUT2D eigenvalue weighted by molar-refractivity contribution is 1.62. The van der Waals surface area contributed by atoms with Crippen molar-refractivity contribution in [3.63, 3.8) is 0 Å². The van der Waals surface area contributed by atoms with Gasteiger partial charge in [0.2, 0.25) is 0 Å². The average molecular weight is 332 g/mol. The molecular weight excluding hydrogens is 312 g/mol. The number of hydrogen-bond acceptors (Lipinski definition) is 0. The summed E-state index contributed by atoms with van der Waals surface area (Å²) in [6.45, 7) is 0. The van der Waals surface area contributed by atoms with E-state index in [0.29, 0.717) is 0 Å². The second-order valence-corrected chi connectivity index (χ2v) is 6.21. The average Bonchev–Trinajstić information content (AvgIpc) is 2.61. The molecule has 0 fully saturated rings. The largest absolute Gasteiger partial charge is 0.0623 e. The number of rotatable bonds is 2. The third kappa shape index (κ3) is 3.36. The molecule has 0 spiro atoms. The summed E-state index contributed by atoms with van der Waals surface area (Å²) in [6, 6.07) is 13.1. The van der Waals surface area contributed by atoms with Crippen LogP contribution in [0, 0.1) is 0 Å². The van der Waals surface area contributed by atoms with Gasteiger partial charge < -0.3 is 0 Å². The van der Waals surface area contributed by atoms with Gasteiger partial charge in [-0.05, 0) is 33.0 Å². The maximum Gasteiger partial charge on any atom is -0.00268 e. The molecule has 0 aromatic heterocycles. The molecule has 0 saturated heterocycles. The van der Waals surface area contributed by atoms with Gasteiger partial charge in [0.05, 0.1) is 0 Å². The predicted molar refractivity (Wildman–Crippen MR) is 115 cm³/mol.